The fourth-order valence-electron chi connectivity index (χ4n) is 1.28. The molecule has 0 aliphatic carbocycles. The summed E-state index contributed by atoms with van der Waals surface area (Å²) in [5.41, 5.74) is 0.526. The van der Waals surface area contributed by atoms with Crippen molar-refractivity contribution < 1.29 is 13.6 Å². The third-order valence-electron chi connectivity index (χ3n) is 2.23. The van der Waals surface area contributed by atoms with Crippen molar-refractivity contribution in [1.82, 2.24) is 4.90 Å². The van der Waals surface area contributed by atoms with Crippen LogP contribution in [0.5, 0.6) is 0 Å². The van der Waals surface area contributed by atoms with E-state index in [0.717, 1.165) is 0 Å². The van der Waals surface area contributed by atoms with E-state index in [1.165, 1.54) is 4.90 Å². The molecule has 2 nitrogen and oxygen atoms in total. The maximum atomic E-state index is 12.7. The second-order valence-electron chi connectivity index (χ2n) is 3.30. The average Bonchev–Trinajstić information content (AvgIpc) is 2.43. The van der Waals surface area contributed by atoms with Crippen LogP contribution in [0.2, 0.25) is 0 Å². The Morgan fingerprint density at radius 3 is 2.54 bits per heavy atom. The number of rotatable bonds is 1. The van der Waals surface area contributed by atoms with Gasteiger partial charge < -0.3 is 4.90 Å². The van der Waals surface area contributed by atoms with Crippen LogP contribution >= 0.6 is 0 Å². The zero-order chi connectivity index (χ0) is 10.1. The summed E-state index contributed by atoms with van der Waals surface area (Å²) < 4.78 is 25.4. The van der Waals surface area contributed by atoms with E-state index in [0.29, 0.717) is 5.57 Å². The van der Waals surface area contributed by atoms with E-state index in [1.54, 1.807) is 19.9 Å². The minimum absolute atomic E-state index is 0.164. The predicted molar refractivity (Wildman–Crippen MR) is 45.6 cm³/mol. The van der Waals surface area contributed by atoms with Crippen molar-refractivity contribution in [2.24, 2.45) is 0 Å². The van der Waals surface area contributed by atoms with Crippen molar-refractivity contribution in [3.05, 3.63) is 11.6 Å². The number of alkyl halides is 2. The minimum Gasteiger partial charge on any atom is -0.333 e. The Morgan fingerprint density at radius 1 is 1.54 bits per heavy atom. The van der Waals surface area contributed by atoms with Crippen LogP contribution in [0.1, 0.15) is 20.3 Å². The lowest BCUT2D eigenvalue weighted by molar-refractivity contribution is -0.127. The summed E-state index contributed by atoms with van der Waals surface area (Å²) in [7, 11) is 0. The monoisotopic (exact) mass is 189 g/mol. The Morgan fingerprint density at radius 2 is 2.15 bits per heavy atom. The largest absolute Gasteiger partial charge is 0.333 e. The van der Waals surface area contributed by atoms with Gasteiger partial charge in [-0.2, -0.15) is 0 Å². The molecule has 1 fully saturated rings. The first-order valence-electron chi connectivity index (χ1n) is 4.26. The van der Waals surface area contributed by atoms with E-state index in [4.69, 9.17) is 0 Å². The Hall–Kier alpha value is -0.930. The van der Waals surface area contributed by atoms with E-state index in [1.807, 2.05) is 0 Å². The molecule has 0 aromatic rings. The van der Waals surface area contributed by atoms with Crippen LogP contribution in [-0.4, -0.2) is 29.8 Å². The number of hydrogen-bond donors (Lipinski definition) is 0. The molecule has 13 heavy (non-hydrogen) atoms. The maximum Gasteiger partial charge on any atom is 0.267 e. The molecular formula is C9H13F2NO. The van der Waals surface area contributed by atoms with Gasteiger partial charge in [-0.3, -0.25) is 4.79 Å². The number of halogens is 2. The Labute approximate surface area is 76.2 Å². The summed E-state index contributed by atoms with van der Waals surface area (Å²) in [6, 6.07) is 0. The molecule has 0 aromatic carbocycles. The molecule has 1 rings (SSSR count). The number of carbonyl (C=O) groups excluding carboxylic acids is 1. The molecule has 0 N–H and O–H groups in total. The van der Waals surface area contributed by atoms with Gasteiger partial charge in [-0.15, -0.1) is 0 Å². The van der Waals surface area contributed by atoms with Gasteiger partial charge in [0.25, 0.3) is 5.92 Å². The first-order chi connectivity index (χ1) is 5.96. The zero-order valence-corrected chi connectivity index (χ0v) is 7.81. The molecule has 0 aromatic heterocycles. The van der Waals surface area contributed by atoms with Crippen molar-refractivity contribution in [3.8, 4) is 0 Å². The van der Waals surface area contributed by atoms with Crippen LogP contribution in [0, 0.1) is 0 Å². The molecule has 4 heteroatoms. The Balaban J connectivity index is 2.62. The highest BCUT2D eigenvalue weighted by Crippen LogP contribution is 2.27. The third kappa shape index (κ3) is 2.26. The van der Waals surface area contributed by atoms with Gasteiger partial charge in [-0.05, 0) is 13.8 Å². The first-order valence-corrected chi connectivity index (χ1v) is 4.26. The summed E-state index contributed by atoms with van der Waals surface area (Å²) in [6.07, 6.45) is 1.43. The van der Waals surface area contributed by atoms with Gasteiger partial charge in [0.05, 0.1) is 6.54 Å². The molecule has 1 aliphatic heterocycles. The highest BCUT2D eigenvalue weighted by molar-refractivity contribution is 5.92. The Kier molecular flexibility index (Phi) is 2.68. The highest BCUT2D eigenvalue weighted by atomic mass is 19.3. The molecule has 0 saturated carbocycles. The van der Waals surface area contributed by atoms with Gasteiger partial charge in [-0.1, -0.05) is 6.08 Å². The minimum atomic E-state index is -2.69. The molecule has 0 spiro atoms. The lowest BCUT2D eigenvalue weighted by atomic mass is 10.2. The maximum absolute atomic E-state index is 12.7. The van der Waals surface area contributed by atoms with Gasteiger partial charge in [0.15, 0.2) is 0 Å². The van der Waals surface area contributed by atoms with Crippen LogP contribution in [0.25, 0.3) is 0 Å². The van der Waals surface area contributed by atoms with Crippen molar-refractivity contribution in [3.63, 3.8) is 0 Å². The van der Waals surface area contributed by atoms with E-state index in [9.17, 15) is 13.6 Å². The van der Waals surface area contributed by atoms with Crippen LogP contribution in [-0.2, 0) is 4.79 Å². The van der Waals surface area contributed by atoms with Crippen LogP contribution in [0.15, 0.2) is 11.6 Å². The topological polar surface area (TPSA) is 20.3 Å². The SMILES string of the molecule is C/C=C(/C)C(=O)N1CCC(F)(F)C1. The molecule has 1 heterocycles. The number of nitrogens with zero attached hydrogens (tertiary/aromatic N) is 1. The number of likely N-dealkylation sites (tertiary alicyclic amines) is 1. The summed E-state index contributed by atoms with van der Waals surface area (Å²) in [5, 5.41) is 0. The molecule has 0 atom stereocenters. The van der Waals surface area contributed by atoms with Gasteiger partial charge in [-0.25, -0.2) is 8.78 Å². The summed E-state index contributed by atoms with van der Waals surface area (Å²) in [4.78, 5) is 12.6. The van der Waals surface area contributed by atoms with Crippen molar-refractivity contribution in [1.29, 1.82) is 0 Å². The van der Waals surface area contributed by atoms with Crippen LogP contribution in [0.3, 0.4) is 0 Å². The summed E-state index contributed by atoms with van der Waals surface area (Å²) in [6.45, 7) is 3.09. The molecule has 0 radical (unpaired) electrons. The second kappa shape index (κ2) is 3.44. The molecule has 1 saturated heterocycles. The molecule has 1 aliphatic rings. The van der Waals surface area contributed by atoms with Crippen LogP contribution < -0.4 is 0 Å². The van der Waals surface area contributed by atoms with Gasteiger partial charge in [0.1, 0.15) is 0 Å². The van der Waals surface area contributed by atoms with E-state index in [2.05, 4.69) is 0 Å². The van der Waals surface area contributed by atoms with Crippen molar-refractivity contribution in [2.75, 3.05) is 13.1 Å². The summed E-state index contributed by atoms with van der Waals surface area (Å²) in [5.74, 6) is -2.97. The molecule has 0 bridgehead atoms. The second-order valence-corrected chi connectivity index (χ2v) is 3.30. The highest BCUT2D eigenvalue weighted by Gasteiger charge is 2.40. The molecule has 1 amide bonds. The lowest BCUT2D eigenvalue weighted by Gasteiger charge is -2.15. The smallest absolute Gasteiger partial charge is 0.267 e. The quantitative estimate of drug-likeness (QED) is 0.576. The number of hydrogen-bond acceptors (Lipinski definition) is 1. The fraction of sp³-hybridized carbons (Fsp3) is 0.667. The van der Waals surface area contributed by atoms with Gasteiger partial charge >= 0.3 is 0 Å². The normalized spacial score (nSPS) is 22.2. The Bertz CT molecular complexity index is 248. The van der Waals surface area contributed by atoms with E-state index < -0.39 is 12.5 Å². The van der Waals surface area contributed by atoms with Crippen molar-refractivity contribution in [2.45, 2.75) is 26.2 Å². The van der Waals surface area contributed by atoms with Crippen molar-refractivity contribution >= 4 is 5.91 Å². The number of carbonyl (C=O) groups is 1. The lowest BCUT2D eigenvalue weighted by Crippen LogP contribution is -2.31. The summed E-state index contributed by atoms with van der Waals surface area (Å²) >= 11 is 0. The van der Waals surface area contributed by atoms with Gasteiger partial charge in [0.2, 0.25) is 5.91 Å². The van der Waals surface area contributed by atoms with E-state index >= 15 is 0 Å². The number of allylic oxidation sites excluding steroid dienone is 1. The van der Waals surface area contributed by atoms with Gasteiger partial charge in [0, 0.05) is 18.5 Å². The molecule has 0 unspecified atom stereocenters. The molecular weight excluding hydrogens is 176 g/mol. The molecule has 74 valence electrons. The third-order valence-corrected chi connectivity index (χ3v) is 2.23. The van der Waals surface area contributed by atoms with Crippen LogP contribution in [0.4, 0.5) is 8.78 Å². The first kappa shape index (κ1) is 10.2. The fourth-order valence-corrected chi connectivity index (χ4v) is 1.28. The zero-order valence-electron chi connectivity index (χ0n) is 7.81. The predicted octanol–water partition coefficient (Wildman–Crippen LogP) is 1.82. The standard InChI is InChI=1S/C9H13F2NO/c1-3-7(2)8(13)12-5-4-9(10,11)6-12/h3H,4-6H2,1-2H3/b7-3-. The average molecular weight is 189 g/mol. The number of amides is 1. The van der Waals surface area contributed by atoms with E-state index in [-0.39, 0.29) is 18.9 Å².